The van der Waals surface area contributed by atoms with Crippen LogP contribution < -0.4 is 5.32 Å². The number of halogens is 2. The van der Waals surface area contributed by atoms with Gasteiger partial charge in [0.1, 0.15) is 0 Å². The van der Waals surface area contributed by atoms with E-state index in [0.29, 0.717) is 13.0 Å². The van der Waals surface area contributed by atoms with Crippen molar-refractivity contribution in [2.24, 2.45) is 0 Å². The standard InChI is InChI=1S/C8H16F2N2O2/c1-12(2)5-3-4-11-6-8(9,10)7(13)14/h11H,3-6H2,1-2H3,(H,13,14). The number of carbonyl (C=O) groups is 1. The van der Waals surface area contributed by atoms with Gasteiger partial charge < -0.3 is 15.3 Å². The summed E-state index contributed by atoms with van der Waals surface area (Å²) < 4.78 is 24.9. The number of alkyl halides is 2. The van der Waals surface area contributed by atoms with Crippen LogP contribution in [-0.2, 0) is 4.79 Å². The first kappa shape index (κ1) is 13.2. The number of nitrogens with zero attached hydrogens (tertiary/aromatic N) is 1. The van der Waals surface area contributed by atoms with E-state index in [-0.39, 0.29) is 0 Å². The van der Waals surface area contributed by atoms with Gasteiger partial charge in [-0.25, -0.2) is 4.79 Å². The third-order valence-electron chi connectivity index (χ3n) is 1.62. The lowest BCUT2D eigenvalue weighted by Gasteiger charge is -2.13. The molecule has 0 bridgehead atoms. The summed E-state index contributed by atoms with van der Waals surface area (Å²) >= 11 is 0. The zero-order valence-corrected chi connectivity index (χ0v) is 8.39. The van der Waals surface area contributed by atoms with Crippen molar-refractivity contribution < 1.29 is 18.7 Å². The smallest absolute Gasteiger partial charge is 0.375 e. The first-order valence-electron chi connectivity index (χ1n) is 4.33. The predicted octanol–water partition coefficient (Wildman–Crippen LogP) is 0.248. The summed E-state index contributed by atoms with van der Waals surface area (Å²) in [5, 5.41) is 10.5. The zero-order valence-electron chi connectivity index (χ0n) is 8.39. The largest absolute Gasteiger partial charge is 0.477 e. The Morgan fingerprint density at radius 3 is 2.50 bits per heavy atom. The molecule has 0 amide bonds. The maximum atomic E-state index is 12.5. The minimum absolute atomic E-state index is 0.390. The summed E-state index contributed by atoms with van der Waals surface area (Å²) in [5.74, 6) is -5.75. The molecule has 0 aliphatic heterocycles. The van der Waals surface area contributed by atoms with Crippen molar-refractivity contribution in [1.82, 2.24) is 10.2 Å². The van der Waals surface area contributed by atoms with Crippen molar-refractivity contribution in [2.45, 2.75) is 12.3 Å². The zero-order chi connectivity index (χ0) is 11.2. The molecule has 14 heavy (non-hydrogen) atoms. The maximum Gasteiger partial charge on any atom is 0.375 e. The fourth-order valence-corrected chi connectivity index (χ4v) is 0.841. The second-order valence-electron chi connectivity index (χ2n) is 3.34. The van der Waals surface area contributed by atoms with Gasteiger partial charge in [0, 0.05) is 0 Å². The van der Waals surface area contributed by atoms with Crippen molar-refractivity contribution in [2.75, 3.05) is 33.7 Å². The van der Waals surface area contributed by atoms with E-state index in [1.807, 2.05) is 19.0 Å². The monoisotopic (exact) mass is 210 g/mol. The highest BCUT2D eigenvalue weighted by molar-refractivity contribution is 5.75. The predicted molar refractivity (Wildman–Crippen MR) is 48.6 cm³/mol. The molecule has 0 aromatic rings. The van der Waals surface area contributed by atoms with Crippen LogP contribution in [0.25, 0.3) is 0 Å². The summed E-state index contributed by atoms with van der Waals surface area (Å²) in [6, 6.07) is 0. The minimum atomic E-state index is -3.67. The van der Waals surface area contributed by atoms with E-state index in [0.717, 1.165) is 6.54 Å². The maximum absolute atomic E-state index is 12.5. The van der Waals surface area contributed by atoms with Crippen LogP contribution in [0.15, 0.2) is 0 Å². The fourth-order valence-electron chi connectivity index (χ4n) is 0.841. The molecule has 0 unspecified atom stereocenters. The highest BCUT2D eigenvalue weighted by Crippen LogP contribution is 2.11. The summed E-state index contributed by atoms with van der Waals surface area (Å²) in [6.45, 7) is 0.364. The molecule has 0 aromatic heterocycles. The van der Waals surface area contributed by atoms with Crippen LogP contribution in [-0.4, -0.2) is 55.6 Å². The van der Waals surface area contributed by atoms with Gasteiger partial charge in [0.05, 0.1) is 6.54 Å². The molecule has 0 atom stereocenters. The van der Waals surface area contributed by atoms with Crippen LogP contribution in [0, 0.1) is 0 Å². The van der Waals surface area contributed by atoms with E-state index in [9.17, 15) is 13.6 Å². The Hall–Kier alpha value is -0.750. The summed E-state index contributed by atoms with van der Waals surface area (Å²) in [5.41, 5.74) is 0. The van der Waals surface area contributed by atoms with Gasteiger partial charge in [0.25, 0.3) is 0 Å². The molecule has 0 saturated carbocycles. The Morgan fingerprint density at radius 1 is 1.50 bits per heavy atom. The van der Waals surface area contributed by atoms with Crippen LogP contribution in [0.4, 0.5) is 8.78 Å². The number of nitrogens with one attached hydrogen (secondary N) is 1. The topological polar surface area (TPSA) is 52.6 Å². The molecule has 0 heterocycles. The average Bonchev–Trinajstić information content (AvgIpc) is 2.02. The van der Waals surface area contributed by atoms with Gasteiger partial charge in [-0.15, -0.1) is 0 Å². The third-order valence-corrected chi connectivity index (χ3v) is 1.62. The number of rotatable bonds is 7. The molecule has 0 rings (SSSR count). The van der Waals surface area contributed by atoms with E-state index < -0.39 is 18.4 Å². The van der Waals surface area contributed by atoms with Gasteiger partial charge in [0.15, 0.2) is 0 Å². The lowest BCUT2D eigenvalue weighted by atomic mass is 10.3. The Bertz CT molecular complexity index is 186. The molecule has 84 valence electrons. The first-order valence-corrected chi connectivity index (χ1v) is 4.33. The van der Waals surface area contributed by atoms with Crippen LogP contribution in [0.5, 0.6) is 0 Å². The van der Waals surface area contributed by atoms with Crippen LogP contribution in [0.2, 0.25) is 0 Å². The normalized spacial score (nSPS) is 12.1. The van der Waals surface area contributed by atoms with Gasteiger partial charge >= 0.3 is 11.9 Å². The van der Waals surface area contributed by atoms with Gasteiger partial charge in [0.2, 0.25) is 0 Å². The first-order chi connectivity index (χ1) is 6.36. The van der Waals surface area contributed by atoms with Gasteiger partial charge in [-0.05, 0) is 33.6 Å². The van der Waals surface area contributed by atoms with E-state index in [4.69, 9.17) is 5.11 Å². The number of aliphatic carboxylic acids is 1. The van der Waals surface area contributed by atoms with E-state index in [2.05, 4.69) is 5.32 Å². The highest BCUT2D eigenvalue weighted by Gasteiger charge is 2.37. The van der Waals surface area contributed by atoms with Gasteiger partial charge in [-0.2, -0.15) is 8.78 Å². The molecular formula is C8H16F2N2O2. The third kappa shape index (κ3) is 5.82. The van der Waals surface area contributed by atoms with E-state index >= 15 is 0 Å². The lowest BCUT2D eigenvalue weighted by molar-refractivity contribution is -0.164. The van der Waals surface area contributed by atoms with E-state index in [1.54, 1.807) is 0 Å². The van der Waals surface area contributed by atoms with Crippen molar-refractivity contribution in [3.63, 3.8) is 0 Å². The molecular weight excluding hydrogens is 194 g/mol. The summed E-state index contributed by atoms with van der Waals surface area (Å²) in [4.78, 5) is 11.9. The summed E-state index contributed by atoms with van der Waals surface area (Å²) in [6.07, 6.45) is 0.711. The van der Waals surface area contributed by atoms with E-state index in [1.165, 1.54) is 0 Å². The second-order valence-corrected chi connectivity index (χ2v) is 3.34. The molecule has 4 nitrogen and oxygen atoms in total. The van der Waals surface area contributed by atoms with Crippen LogP contribution in [0.3, 0.4) is 0 Å². The molecule has 0 saturated heterocycles. The number of hydrogen-bond donors (Lipinski definition) is 2. The highest BCUT2D eigenvalue weighted by atomic mass is 19.3. The molecule has 6 heteroatoms. The SMILES string of the molecule is CN(C)CCCNCC(F)(F)C(=O)O. The Labute approximate surface area is 81.9 Å². The van der Waals surface area contributed by atoms with Gasteiger partial charge in [-0.1, -0.05) is 0 Å². The Kier molecular flexibility index (Phi) is 5.56. The molecule has 0 fully saturated rings. The average molecular weight is 210 g/mol. The number of hydrogen-bond acceptors (Lipinski definition) is 3. The molecule has 0 radical (unpaired) electrons. The number of carboxylic acids is 1. The molecule has 2 N–H and O–H groups in total. The summed E-state index contributed by atoms with van der Waals surface area (Å²) in [7, 11) is 3.76. The molecule has 0 aliphatic carbocycles. The lowest BCUT2D eigenvalue weighted by Crippen LogP contribution is -2.40. The Morgan fingerprint density at radius 2 is 2.07 bits per heavy atom. The van der Waals surface area contributed by atoms with Crippen molar-refractivity contribution in [1.29, 1.82) is 0 Å². The van der Waals surface area contributed by atoms with Crippen molar-refractivity contribution in [3.05, 3.63) is 0 Å². The van der Waals surface area contributed by atoms with Crippen molar-refractivity contribution in [3.8, 4) is 0 Å². The quantitative estimate of drug-likeness (QED) is 0.591. The fraction of sp³-hybridized carbons (Fsp3) is 0.875. The molecule has 0 spiro atoms. The van der Waals surface area contributed by atoms with Crippen LogP contribution >= 0.6 is 0 Å². The molecule has 0 aromatic carbocycles. The van der Waals surface area contributed by atoms with Crippen LogP contribution in [0.1, 0.15) is 6.42 Å². The molecule has 0 aliphatic rings. The van der Waals surface area contributed by atoms with Gasteiger partial charge in [-0.3, -0.25) is 0 Å². The Balaban J connectivity index is 3.49. The second kappa shape index (κ2) is 5.87. The van der Waals surface area contributed by atoms with Crippen molar-refractivity contribution >= 4 is 5.97 Å². The minimum Gasteiger partial charge on any atom is -0.477 e. The number of carboxylic acid groups (broad SMARTS) is 1.